The third-order valence-electron chi connectivity index (χ3n) is 7.28. The molecule has 1 aliphatic carbocycles. The molecule has 6 unspecified atom stereocenters. The zero-order chi connectivity index (χ0) is 25.2. The predicted molar refractivity (Wildman–Crippen MR) is 125 cm³/mol. The quantitative estimate of drug-likeness (QED) is 0.446. The Bertz CT molecular complexity index is 848. The summed E-state index contributed by atoms with van der Waals surface area (Å²) in [4.78, 5) is 40.7. The van der Waals surface area contributed by atoms with Crippen LogP contribution < -0.4 is 0 Å². The van der Waals surface area contributed by atoms with Gasteiger partial charge in [-0.15, -0.1) is 0 Å². The maximum absolute atomic E-state index is 13.3. The molecule has 6 atom stereocenters. The first-order valence-corrected chi connectivity index (χ1v) is 12.5. The van der Waals surface area contributed by atoms with Gasteiger partial charge in [-0.1, -0.05) is 40.7 Å². The number of ketones is 1. The molecule has 0 aromatic carbocycles. The van der Waals surface area contributed by atoms with Crippen molar-refractivity contribution < 1.29 is 34.1 Å². The van der Waals surface area contributed by atoms with E-state index in [1.54, 1.807) is 19.1 Å². The van der Waals surface area contributed by atoms with Crippen LogP contribution in [0.15, 0.2) is 23.8 Å². The van der Waals surface area contributed by atoms with Crippen LogP contribution in [-0.2, 0) is 23.9 Å². The van der Waals surface area contributed by atoms with Crippen LogP contribution in [-0.4, -0.2) is 69.5 Å². The number of carbonyl (C=O) groups is 3. The number of esters is 1. The van der Waals surface area contributed by atoms with E-state index in [0.29, 0.717) is 32.1 Å². The van der Waals surface area contributed by atoms with E-state index in [2.05, 4.69) is 0 Å². The van der Waals surface area contributed by atoms with Gasteiger partial charge in [-0.3, -0.25) is 9.59 Å². The molecule has 0 aromatic heterocycles. The first-order valence-electron chi connectivity index (χ1n) is 12.5. The largest absolute Gasteiger partial charge is 0.453 e. The van der Waals surface area contributed by atoms with Crippen LogP contribution in [0.2, 0.25) is 0 Å². The smallest absolute Gasteiger partial charge is 0.329 e. The van der Waals surface area contributed by atoms with Crippen LogP contribution in [0.4, 0.5) is 0 Å². The third kappa shape index (κ3) is 5.44. The van der Waals surface area contributed by atoms with E-state index in [4.69, 9.17) is 9.47 Å². The summed E-state index contributed by atoms with van der Waals surface area (Å²) in [7, 11) is 0. The lowest BCUT2D eigenvalue weighted by Gasteiger charge is -2.43. The van der Waals surface area contributed by atoms with Crippen molar-refractivity contribution in [2.24, 2.45) is 17.8 Å². The molecule has 3 aliphatic rings. The molecule has 8 nitrogen and oxygen atoms in total. The average Bonchev–Trinajstić information content (AvgIpc) is 2.80. The normalized spacial score (nSPS) is 34.2. The van der Waals surface area contributed by atoms with Gasteiger partial charge in [0.1, 0.15) is 18.2 Å². The fourth-order valence-corrected chi connectivity index (χ4v) is 4.84. The van der Waals surface area contributed by atoms with Gasteiger partial charge < -0.3 is 24.6 Å². The number of aliphatic hydroxyl groups excluding tert-OH is 1. The van der Waals surface area contributed by atoms with Crippen LogP contribution in [0.3, 0.4) is 0 Å². The zero-order valence-electron chi connectivity index (χ0n) is 20.9. The predicted octanol–water partition coefficient (Wildman–Crippen LogP) is 2.52. The van der Waals surface area contributed by atoms with Crippen molar-refractivity contribution in [2.75, 3.05) is 6.54 Å². The Morgan fingerprint density at radius 3 is 2.47 bits per heavy atom. The van der Waals surface area contributed by atoms with Gasteiger partial charge in [0.25, 0.3) is 11.7 Å². The second kappa shape index (κ2) is 10.7. The van der Waals surface area contributed by atoms with E-state index in [0.717, 1.165) is 5.57 Å². The van der Waals surface area contributed by atoms with E-state index < -0.39 is 47.6 Å². The lowest BCUT2D eigenvalue weighted by Crippen LogP contribution is -2.61. The Kier molecular flexibility index (Phi) is 8.37. The van der Waals surface area contributed by atoms with Gasteiger partial charge in [-0.05, 0) is 61.7 Å². The molecule has 2 fully saturated rings. The van der Waals surface area contributed by atoms with Crippen molar-refractivity contribution in [1.82, 2.24) is 4.90 Å². The topological polar surface area (TPSA) is 113 Å². The highest BCUT2D eigenvalue weighted by Crippen LogP contribution is 2.36. The molecule has 190 valence electrons. The van der Waals surface area contributed by atoms with E-state index in [-0.39, 0.29) is 24.5 Å². The van der Waals surface area contributed by atoms with Gasteiger partial charge in [-0.25, -0.2) is 4.79 Å². The number of allylic oxidation sites excluding steroid dienone is 2. The number of piperidine rings is 1. The highest BCUT2D eigenvalue weighted by atomic mass is 16.6. The molecule has 3 rings (SSSR count). The molecule has 1 amide bonds. The van der Waals surface area contributed by atoms with Crippen LogP contribution in [0.25, 0.3) is 0 Å². The first kappa shape index (κ1) is 26.6. The van der Waals surface area contributed by atoms with E-state index in [1.807, 2.05) is 33.8 Å². The van der Waals surface area contributed by atoms with Gasteiger partial charge in [0.15, 0.2) is 0 Å². The molecule has 34 heavy (non-hydrogen) atoms. The van der Waals surface area contributed by atoms with Crippen molar-refractivity contribution in [3.8, 4) is 0 Å². The summed E-state index contributed by atoms with van der Waals surface area (Å²) in [5, 5.41) is 21.5. The second-order valence-electron chi connectivity index (χ2n) is 10.5. The number of ether oxygens (including phenoxy) is 2. The number of hydrogen-bond acceptors (Lipinski definition) is 7. The highest BCUT2D eigenvalue weighted by Gasteiger charge is 2.53. The molecule has 0 bridgehead atoms. The molecule has 2 N–H and O–H groups in total. The summed E-state index contributed by atoms with van der Waals surface area (Å²) in [6.07, 6.45) is 5.90. The summed E-state index contributed by atoms with van der Waals surface area (Å²) in [5.74, 6) is -5.07. The van der Waals surface area contributed by atoms with Gasteiger partial charge in [-0.2, -0.15) is 0 Å². The Morgan fingerprint density at radius 2 is 1.85 bits per heavy atom. The fraction of sp³-hybridized carbons (Fsp3) is 0.731. The van der Waals surface area contributed by atoms with Gasteiger partial charge in [0.05, 0.1) is 6.10 Å². The number of likely N-dealkylation sites (tertiary alicyclic amines) is 1. The number of aliphatic hydroxyl groups is 2. The van der Waals surface area contributed by atoms with Crippen LogP contribution in [0.5, 0.6) is 0 Å². The molecule has 0 aromatic rings. The monoisotopic (exact) mass is 477 g/mol. The summed E-state index contributed by atoms with van der Waals surface area (Å²) >= 11 is 0. The SMILES string of the molecule is CC(C)C1=CC(O)C(OC(=O)C2CCCCN2C(=O)C(=O)C2(O)OC(C(C)C)CCC2C)C=C1. The molecule has 8 heteroatoms. The number of hydrogen-bond donors (Lipinski definition) is 2. The molecule has 2 heterocycles. The molecule has 2 aliphatic heterocycles. The van der Waals surface area contributed by atoms with Gasteiger partial charge in [0, 0.05) is 12.5 Å². The average molecular weight is 478 g/mol. The summed E-state index contributed by atoms with van der Waals surface area (Å²) < 4.78 is 11.3. The maximum atomic E-state index is 13.3. The highest BCUT2D eigenvalue weighted by molar-refractivity contribution is 6.39. The number of carbonyl (C=O) groups excluding carboxylic acids is 3. The Balaban J connectivity index is 1.73. The Hall–Kier alpha value is -2.03. The first-order chi connectivity index (χ1) is 16.0. The van der Waals surface area contributed by atoms with Crippen molar-refractivity contribution in [2.45, 2.75) is 96.9 Å². The third-order valence-corrected chi connectivity index (χ3v) is 7.28. The van der Waals surface area contributed by atoms with Crippen molar-refractivity contribution >= 4 is 17.7 Å². The number of nitrogens with zero attached hydrogens (tertiary/aromatic N) is 1. The van der Waals surface area contributed by atoms with Gasteiger partial charge in [0.2, 0.25) is 5.79 Å². The molecule has 0 spiro atoms. The summed E-state index contributed by atoms with van der Waals surface area (Å²) in [5.41, 5.74) is 0.953. The van der Waals surface area contributed by atoms with Crippen LogP contribution >= 0.6 is 0 Å². The number of rotatable bonds is 6. The fourth-order valence-electron chi connectivity index (χ4n) is 4.84. The van der Waals surface area contributed by atoms with Crippen molar-refractivity contribution in [3.05, 3.63) is 23.8 Å². The van der Waals surface area contributed by atoms with Crippen molar-refractivity contribution in [3.63, 3.8) is 0 Å². The minimum atomic E-state index is -2.21. The summed E-state index contributed by atoms with van der Waals surface area (Å²) in [6.45, 7) is 9.80. The standard InChI is InChI=1S/C26H39NO7/c1-15(2)18-10-12-22(20(28)14-18)33-25(31)19-8-6-7-13-27(19)24(30)23(29)26(32)17(5)9-11-21(34-26)16(3)4/h10,12,14-17,19-22,28,32H,6-9,11,13H2,1-5H3. The Labute approximate surface area is 202 Å². The summed E-state index contributed by atoms with van der Waals surface area (Å²) in [6, 6.07) is -0.954. The Morgan fingerprint density at radius 1 is 1.15 bits per heavy atom. The minimum Gasteiger partial charge on any atom is -0.453 e. The van der Waals surface area contributed by atoms with Crippen LogP contribution in [0.1, 0.15) is 66.7 Å². The maximum Gasteiger partial charge on any atom is 0.329 e. The second-order valence-corrected chi connectivity index (χ2v) is 10.5. The van der Waals surface area contributed by atoms with Crippen LogP contribution in [0, 0.1) is 17.8 Å². The zero-order valence-corrected chi connectivity index (χ0v) is 20.9. The number of Topliss-reactive ketones (excluding diaryl/α,β-unsaturated/α-hetero) is 1. The minimum absolute atomic E-state index is 0.0832. The molecule has 0 radical (unpaired) electrons. The van der Waals surface area contributed by atoms with E-state index in [1.165, 1.54) is 4.90 Å². The van der Waals surface area contributed by atoms with E-state index >= 15 is 0 Å². The molecule has 2 saturated heterocycles. The molecule has 0 saturated carbocycles. The molecular formula is C26H39NO7. The van der Waals surface area contributed by atoms with E-state index in [9.17, 15) is 24.6 Å². The lowest BCUT2D eigenvalue weighted by atomic mass is 9.84. The lowest BCUT2D eigenvalue weighted by molar-refractivity contribution is -0.269. The van der Waals surface area contributed by atoms with Crippen molar-refractivity contribution in [1.29, 1.82) is 0 Å². The number of amides is 1. The van der Waals surface area contributed by atoms with Gasteiger partial charge >= 0.3 is 5.97 Å². The molecular weight excluding hydrogens is 438 g/mol.